The molecule has 3 aromatic rings. The maximum absolute atomic E-state index is 12.8. The molecule has 1 aliphatic rings. The molecule has 0 aromatic heterocycles. The number of ether oxygens (including phenoxy) is 1. The van der Waals surface area contributed by atoms with Crippen molar-refractivity contribution in [3.05, 3.63) is 107 Å². The predicted octanol–water partition coefficient (Wildman–Crippen LogP) is 5.47. The van der Waals surface area contributed by atoms with E-state index in [9.17, 15) is 28.6 Å². The van der Waals surface area contributed by atoms with Gasteiger partial charge >= 0.3 is 5.97 Å². The van der Waals surface area contributed by atoms with E-state index in [2.05, 4.69) is 5.32 Å². The molecule has 0 saturated carbocycles. The van der Waals surface area contributed by atoms with Crippen molar-refractivity contribution < 1.29 is 33.3 Å². The molecule has 3 N–H and O–H groups in total. The van der Waals surface area contributed by atoms with E-state index in [1.54, 1.807) is 12.1 Å². The second-order valence-electron chi connectivity index (χ2n) is 9.10. The molecule has 0 bridgehead atoms. The Hall–Kier alpha value is -3.62. The summed E-state index contributed by atoms with van der Waals surface area (Å²) in [4.78, 5) is 23.0. The van der Waals surface area contributed by atoms with Gasteiger partial charge in [-0.1, -0.05) is 54.6 Å². The summed E-state index contributed by atoms with van der Waals surface area (Å²) in [5.41, 5.74) is 2.36. The minimum Gasteiger partial charge on any atom is -0.457 e. The van der Waals surface area contributed by atoms with Gasteiger partial charge in [0.25, 0.3) is 0 Å². The van der Waals surface area contributed by atoms with E-state index in [4.69, 9.17) is 4.74 Å². The summed E-state index contributed by atoms with van der Waals surface area (Å²) in [6.45, 7) is -0.173. The highest BCUT2D eigenvalue weighted by atomic mass is 19.1. The highest BCUT2D eigenvalue weighted by Gasteiger charge is 2.21. The van der Waals surface area contributed by atoms with Crippen LogP contribution in [0.2, 0.25) is 0 Å². The third kappa shape index (κ3) is 9.36. The minimum absolute atomic E-state index is 0.162. The first-order chi connectivity index (χ1) is 18.4. The number of nitrogens with one attached hydrogen (secondary N) is 1. The number of aliphatic hydroxyl groups is 2. The van der Waals surface area contributed by atoms with Crippen LogP contribution < -0.4 is 5.32 Å². The van der Waals surface area contributed by atoms with Crippen LogP contribution in [0.15, 0.2) is 78.9 Å². The largest absolute Gasteiger partial charge is 0.457 e. The van der Waals surface area contributed by atoms with Crippen LogP contribution in [0.5, 0.6) is 0 Å². The molecule has 1 fully saturated rings. The average Bonchev–Trinajstić information content (AvgIpc) is 2.93. The lowest BCUT2D eigenvalue weighted by Gasteiger charge is -2.22. The highest BCUT2D eigenvalue weighted by Crippen LogP contribution is 2.28. The first-order valence-electron chi connectivity index (χ1n) is 12.7. The number of hydrogen-bond donors (Lipinski definition) is 3. The smallest absolute Gasteiger partial charge is 0.306 e. The van der Waals surface area contributed by atoms with Gasteiger partial charge in [0.2, 0.25) is 5.91 Å². The summed E-state index contributed by atoms with van der Waals surface area (Å²) in [6, 6.07) is 20.6. The molecular weight excluding hydrogens is 492 g/mol. The van der Waals surface area contributed by atoms with Crippen LogP contribution in [0.25, 0.3) is 0 Å². The summed E-state index contributed by atoms with van der Waals surface area (Å²) in [6.07, 6.45) is 2.43. The number of cyclic esters (lactones) is 1. The number of hydrogen-bond acceptors (Lipinski definition) is 5. The standard InChI is InChI=1S/C19H22FNO3.C11H11FO2/c20-16-11-9-15(10-12-16)18(23)7-4-8-19(24)21-17(13-22)14-5-2-1-3-6-14;12-9-6-4-8(5-7-9)10-2-1-3-11(13)14-10/h1-3,5-6,9-12,17-18,22-23H,4,7-8,13H2,(H,21,24);4-7,10H,1-3H2/t17-,18+;10-/m10/s1. The Kier molecular flexibility index (Phi) is 11.4. The molecule has 202 valence electrons. The van der Waals surface area contributed by atoms with Gasteiger partial charge in [-0.2, -0.15) is 0 Å². The molecule has 3 atom stereocenters. The monoisotopic (exact) mass is 525 g/mol. The van der Waals surface area contributed by atoms with E-state index < -0.39 is 12.1 Å². The Morgan fingerprint density at radius 3 is 2.18 bits per heavy atom. The van der Waals surface area contributed by atoms with Gasteiger partial charge in [0, 0.05) is 12.8 Å². The lowest BCUT2D eigenvalue weighted by Crippen LogP contribution is -2.30. The molecule has 0 aliphatic carbocycles. The van der Waals surface area contributed by atoms with Crippen molar-refractivity contribution in [1.82, 2.24) is 5.32 Å². The van der Waals surface area contributed by atoms with Crippen molar-refractivity contribution in [2.24, 2.45) is 0 Å². The van der Waals surface area contributed by atoms with Gasteiger partial charge in [-0.05, 0) is 66.6 Å². The molecule has 8 heteroatoms. The maximum atomic E-state index is 12.8. The second-order valence-corrected chi connectivity index (χ2v) is 9.10. The van der Waals surface area contributed by atoms with Crippen molar-refractivity contribution in [3.63, 3.8) is 0 Å². The number of rotatable bonds is 9. The fourth-order valence-corrected chi connectivity index (χ4v) is 4.11. The fraction of sp³-hybridized carbons (Fsp3) is 0.333. The van der Waals surface area contributed by atoms with Crippen LogP contribution in [-0.4, -0.2) is 28.7 Å². The number of carbonyl (C=O) groups is 2. The summed E-state index contributed by atoms with van der Waals surface area (Å²) in [5.74, 6) is -0.952. The van der Waals surface area contributed by atoms with E-state index in [0.717, 1.165) is 24.0 Å². The molecule has 1 saturated heterocycles. The van der Waals surface area contributed by atoms with Gasteiger partial charge in [-0.3, -0.25) is 9.59 Å². The van der Waals surface area contributed by atoms with Gasteiger partial charge in [-0.15, -0.1) is 0 Å². The fourth-order valence-electron chi connectivity index (χ4n) is 4.11. The molecule has 1 heterocycles. The van der Waals surface area contributed by atoms with Gasteiger partial charge in [0.1, 0.15) is 17.7 Å². The van der Waals surface area contributed by atoms with Gasteiger partial charge < -0.3 is 20.3 Å². The van der Waals surface area contributed by atoms with Gasteiger partial charge in [-0.25, -0.2) is 8.78 Å². The normalized spacial score (nSPS) is 16.4. The zero-order valence-electron chi connectivity index (χ0n) is 21.1. The molecule has 0 radical (unpaired) electrons. The number of esters is 1. The Morgan fingerprint density at radius 1 is 0.947 bits per heavy atom. The van der Waals surface area contributed by atoms with Crippen LogP contribution in [0, 0.1) is 11.6 Å². The van der Waals surface area contributed by atoms with Crippen molar-refractivity contribution in [3.8, 4) is 0 Å². The molecule has 0 spiro atoms. The SMILES string of the molecule is O=C(CCC[C@H](O)c1ccc(F)cc1)N[C@H](CO)c1ccccc1.O=C1CCC[C@@H](c2ccc(F)cc2)O1. The third-order valence-corrected chi connectivity index (χ3v) is 6.22. The number of amides is 1. The number of halogens is 2. The number of carbonyl (C=O) groups excluding carboxylic acids is 2. The van der Waals surface area contributed by atoms with E-state index >= 15 is 0 Å². The third-order valence-electron chi connectivity index (χ3n) is 6.22. The summed E-state index contributed by atoms with van der Waals surface area (Å²) in [7, 11) is 0. The molecule has 3 aromatic carbocycles. The van der Waals surface area contributed by atoms with Crippen LogP contribution in [0.3, 0.4) is 0 Å². The summed E-state index contributed by atoms with van der Waals surface area (Å²) >= 11 is 0. The molecule has 1 aliphatic heterocycles. The first kappa shape index (κ1) is 28.9. The Morgan fingerprint density at radius 2 is 1.58 bits per heavy atom. The van der Waals surface area contributed by atoms with Gasteiger partial charge in [0.05, 0.1) is 18.8 Å². The summed E-state index contributed by atoms with van der Waals surface area (Å²) < 4.78 is 30.6. The molecule has 4 rings (SSSR count). The average molecular weight is 526 g/mol. The van der Waals surface area contributed by atoms with E-state index in [0.29, 0.717) is 24.8 Å². The van der Waals surface area contributed by atoms with Gasteiger partial charge in [0.15, 0.2) is 0 Å². The van der Waals surface area contributed by atoms with Crippen LogP contribution >= 0.6 is 0 Å². The molecular formula is C30H33F2NO5. The minimum atomic E-state index is -0.721. The second kappa shape index (κ2) is 15.0. The van der Waals surface area contributed by atoms with E-state index in [1.165, 1.54) is 36.4 Å². The van der Waals surface area contributed by atoms with Crippen molar-refractivity contribution in [2.45, 2.75) is 56.8 Å². The van der Waals surface area contributed by atoms with Crippen LogP contribution in [0.4, 0.5) is 8.78 Å². The number of benzene rings is 3. The molecule has 0 unspecified atom stereocenters. The zero-order valence-corrected chi connectivity index (χ0v) is 21.1. The van der Waals surface area contributed by atoms with Crippen LogP contribution in [-0.2, 0) is 14.3 Å². The lowest BCUT2D eigenvalue weighted by molar-refractivity contribution is -0.154. The Bertz CT molecular complexity index is 1140. The highest BCUT2D eigenvalue weighted by molar-refractivity contribution is 5.76. The van der Waals surface area contributed by atoms with Crippen molar-refractivity contribution in [2.75, 3.05) is 6.61 Å². The molecule has 38 heavy (non-hydrogen) atoms. The quantitative estimate of drug-likeness (QED) is 0.322. The molecule has 6 nitrogen and oxygen atoms in total. The Labute approximate surface area is 221 Å². The predicted molar refractivity (Wildman–Crippen MR) is 139 cm³/mol. The Balaban J connectivity index is 0.000000241. The molecule has 1 amide bonds. The lowest BCUT2D eigenvalue weighted by atomic mass is 10.0. The first-order valence-corrected chi connectivity index (χ1v) is 12.7. The van der Waals surface area contributed by atoms with Crippen molar-refractivity contribution in [1.29, 1.82) is 0 Å². The van der Waals surface area contributed by atoms with Crippen LogP contribution in [0.1, 0.15) is 73.5 Å². The maximum Gasteiger partial charge on any atom is 0.306 e. The number of aliphatic hydroxyl groups excluding tert-OH is 2. The van der Waals surface area contributed by atoms with E-state index in [-0.39, 0.29) is 42.6 Å². The van der Waals surface area contributed by atoms with E-state index in [1.807, 2.05) is 30.3 Å². The topological polar surface area (TPSA) is 95.9 Å². The van der Waals surface area contributed by atoms with Crippen molar-refractivity contribution >= 4 is 11.9 Å². The summed E-state index contributed by atoms with van der Waals surface area (Å²) in [5, 5.41) is 22.2. The zero-order chi connectivity index (χ0) is 27.3.